The molecule has 3 atom stereocenters. The molecule has 0 bridgehead atoms. The highest BCUT2D eigenvalue weighted by Crippen LogP contribution is 2.36. The van der Waals surface area contributed by atoms with Crippen molar-refractivity contribution >= 4 is 6.09 Å². The summed E-state index contributed by atoms with van der Waals surface area (Å²) in [5.41, 5.74) is -0.397. The van der Waals surface area contributed by atoms with Crippen LogP contribution in [-0.2, 0) is 4.74 Å². The van der Waals surface area contributed by atoms with Gasteiger partial charge in [0.2, 0.25) is 0 Å². The number of hydrogen-bond acceptors (Lipinski definition) is 2. The van der Waals surface area contributed by atoms with E-state index in [1.165, 1.54) is 0 Å². The molecule has 1 fully saturated rings. The number of fused-ring (bicyclic) bond motifs is 1. The van der Waals surface area contributed by atoms with E-state index in [9.17, 15) is 4.79 Å². The first-order chi connectivity index (χ1) is 7.87. The Morgan fingerprint density at radius 3 is 2.65 bits per heavy atom. The number of ether oxygens (including phenoxy) is 1. The zero-order valence-corrected chi connectivity index (χ0v) is 11.3. The van der Waals surface area contributed by atoms with Crippen molar-refractivity contribution in [2.45, 2.75) is 39.7 Å². The molecule has 1 amide bonds. The minimum atomic E-state index is -0.397. The van der Waals surface area contributed by atoms with Crippen LogP contribution in [0.25, 0.3) is 0 Å². The molecule has 17 heavy (non-hydrogen) atoms. The van der Waals surface area contributed by atoms with Gasteiger partial charge in [-0.1, -0.05) is 19.1 Å². The molecule has 1 aliphatic carbocycles. The van der Waals surface area contributed by atoms with Crippen LogP contribution in [-0.4, -0.2) is 29.7 Å². The lowest BCUT2D eigenvalue weighted by molar-refractivity contribution is 0.0283. The monoisotopic (exact) mass is 237 g/mol. The minimum Gasteiger partial charge on any atom is -0.444 e. The average Bonchev–Trinajstić information content (AvgIpc) is 2.60. The topological polar surface area (TPSA) is 29.5 Å². The van der Waals surface area contributed by atoms with Gasteiger partial charge in [0.15, 0.2) is 0 Å². The second-order valence-electron chi connectivity index (χ2n) is 6.35. The molecular weight excluding hydrogens is 214 g/mol. The van der Waals surface area contributed by atoms with Crippen LogP contribution >= 0.6 is 0 Å². The van der Waals surface area contributed by atoms with E-state index in [0.29, 0.717) is 17.8 Å². The van der Waals surface area contributed by atoms with Crippen LogP contribution < -0.4 is 0 Å². The maximum absolute atomic E-state index is 12.0. The van der Waals surface area contributed by atoms with Crippen LogP contribution in [0.5, 0.6) is 0 Å². The highest BCUT2D eigenvalue weighted by Gasteiger charge is 2.39. The van der Waals surface area contributed by atoms with E-state index in [1.807, 2.05) is 25.7 Å². The van der Waals surface area contributed by atoms with Crippen LogP contribution in [0.2, 0.25) is 0 Å². The van der Waals surface area contributed by atoms with Gasteiger partial charge >= 0.3 is 6.09 Å². The molecule has 0 radical (unpaired) electrons. The van der Waals surface area contributed by atoms with E-state index in [0.717, 1.165) is 19.5 Å². The molecule has 2 rings (SSSR count). The molecule has 3 nitrogen and oxygen atoms in total. The number of likely N-dealkylation sites (tertiary alicyclic amines) is 1. The Morgan fingerprint density at radius 1 is 1.35 bits per heavy atom. The average molecular weight is 237 g/mol. The van der Waals surface area contributed by atoms with Crippen LogP contribution in [0.3, 0.4) is 0 Å². The third-order valence-corrected chi connectivity index (χ3v) is 3.69. The SMILES string of the molecule is C[C@@H]1CC=C[C@H]2CN(C(=O)OC(C)(C)C)C[C@@H]12. The molecule has 0 aromatic heterocycles. The molecule has 3 heteroatoms. The zero-order chi connectivity index (χ0) is 12.6. The van der Waals surface area contributed by atoms with Gasteiger partial charge in [0.1, 0.15) is 5.60 Å². The Labute approximate surface area is 104 Å². The van der Waals surface area contributed by atoms with E-state index in [2.05, 4.69) is 19.1 Å². The lowest BCUT2D eigenvalue weighted by atomic mass is 9.79. The largest absolute Gasteiger partial charge is 0.444 e. The molecule has 0 aromatic carbocycles. The fourth-order valence-electron chi connectivity index (χ4n) is 2.78. The van der Waals surface area contributed by atoms with E-state index in [-0.39, 0.29) is 6.09 Å². The van der Waals surface area contributed by atoms with Gasteiger partial charge in [-0.05, 0) is 44.9 Å². The summed E-state index contributed by atoms with van der Waals surface area (Å²) in [5.74, 6) is 1.83. The predicted octanol–water partition coefficient (Wildman–Crippen LogP) is 3.07. The predicted molar refractivity (Wildman–Crippen MR) is 67.7 cm³/mol. The van der Waals surface area contributed by atoms with Crippen molar-refractivity contribution in [3.05, 3.63) is 12.2 Å². The van der Waals surface area contributed by atoms with Crippen LogP contribution in [0.1, 0.15) is 34.1 Å². The molecule has 0 spiro atoms. The maximum atomic E-state index is 12.0. The Morgan fingerprint density at radius 2 is 2.06 bits per heavy atom. The van der Waals surface area contributed by atoms with Crippen LogP contribution in [0, 0.1) is 17.8 Å². The van der Waals surface area contributed by atoms with E-state index < -0.39 is 5.60 Å². The Kier molecular flexibility index (Phi) is 3.19. The van der Waals surface area contributed by atoms with Gasteiger partial charge in [0.05, 0.1) is 0 Å². The summed E-state index contributed by atoms with van der Waals surface area (Å²) in [5, 5.41) is 0. The minimum absolute atomic E-state index is 0.160. The second-order valence-corrected chi connectivity index (χ2v) is 6.35. The highest BCUT2D eigenvalue weighted by atomic mass is 16.6. The first-order valence-corrected chi connectivity index (χ1v) is 6.51. The van der Waals surface area contributed by atoms with Crippen molar-refractivity contribution in [1.82, 2.24) is 4.90 Å². The first kappa shape index (κ1) is 12.5. The zero-order valence-electron chi connectivity index (χ0n) is 11.3. The van der Waals surface area contributed by atoms with Crippen LogP contribution in [0.4, 0.5) is 4.79 Å². The first-order valence-electron chi connectivity index (χ1n) is 6.51. The molecule has 0 unspecified atom stereocenters. The molecule has 0 saturated carbocycles. The summed E-state index contributed by atoms with van der Waals surface area (Å²) >= 11 is 0. The summed E-state index contributed by atoms with van der Waals surface area (Å²) in [7, 11) is 0. The van der Waals surface area contributed by atoms with Crippen molar-refractivity contribution in [2.24, 2.45) is 17.8 Å². The Bertz CT molecular complexity index is 330. The Balaban J connectivity index is 1.98. The lowest BCUT2D eigenvalue weighted by Gasteiger charge is -2.26. The Hall–Kier alpha value is -0.990. The van der Waals surface area contributed by atoms with Gasteiger partial charge in [-0.15, -0.1) is 0 Å². The van der Waals surface area contributed by atoms with Crippen molar-refractivity contribution in [1.29, 1.82) is 0 Å². The summed E-state index contributed by atoms with van der Waals surface area (Å²) in [4.78, 5) is 13.9. The normalized spacial score (nSPS) is 32.5. The van der Waals surface area contributed by atoms with Crippen molar-refractivity contribution < 1.29 is 9.53 Å². The molecule has 1 saturated heterocycles. The third-order valence-electron chi connectivity index (χ3n) is 3.69. The number of carbonyl (C=O) groups excluding carboxylic acids is 1. The summed E-state index contributed by atoms with van der Waals surface area (Å²) in [6.07, 6.45) is 5.51. The van der Waals surface area contributed by atoms with Gasteiger partial charge < -0.3 is 9.64 Å². The summed E-state index contributed by atoms with van der Waals surface area (Å²) in [6.45, 7) is 9.69. The summed E-state index contributed by atoms with van der Waals surface area (Å²) in [6, 6.07) is 0. The smallest absolute Gasteiger partial charge is 0.410 e. The van der Waals surface area contributed by atoms with E-state index in [4.69, 9.17) is 4.74 Å². The fourth-order valence-corrected chi connectivity index (χ4v) is 2.78. The number of amides is 1. The molecule has 2 aliphatic rings. The van der Waals surface area contributed by atoms with Gasteiger partial charge in [-0.25, -0.2) is 4.79 Å². The molecular formula is C14H23NO2. The molecule has 1 heterocycles. The van der Waals surface area contributed by atoms with Gasteiger partial charge in [0, 0.05) is 13.1 Å². The highest BCUT2D eigenvalue weighted by molar-refractivity contribution is 5.68. The van der Waals surface area contributed by atoms with Crippen molar-refractivity contribution in [3.8, 4) is 0 Å². The number of rotatable bonds is 0. The number of allylic oxidation sites excluding steroid dienone is 1. The van der Waals surface area contributed by atoms with E-state index in [1.54, 1.807) is 0 Å². The van der Waals surface area contributed by atoms with Crippen molar-refractivity contribution in [2.75, 3.05) is 13.1 Å². The van der Waals surface area contributed by atoms with Gasteiger partial charge in [-0.2, -0.15) is 0 Å². The third kappa shape index (κ3) is 2.82. The molecule has 1 aliphatic heterocycles. The fraction of sp³-hybridized carbons (Fsp3) is 0.786. The molecule has 96 valence electrons. The quantitative estimate of drug-likeness (QED) is 0.606. The maximum Gasteiger partial charge on any atom is 0.410 e. The summed E-state index contributed by atoms with van der Waals surface area (Å²) < 4.78 is 5.43. The lowest BCUT2D eigenvalue weighted by Crippen LogP contribution is -2.35. The van der Waals surface area contributed by atoms with Crippen LogP contribution in [0.15, 0.2) is 12.2 Å². The van der Waals surface area contributed by atoms with Gasteiger partial charge in [0.25, 0.3) is 0 Å². The second kappa shape index (κ2) is 4.35. The molecule has 0 N–H and O–H groups in total. The number of hydrogen-bond donors (Lipinski definition) is 0. The number of carbonyl (C=O) groups is 1. The molecule has 0 aromatic rings. The van der Waals surface area contributed by atoms with E-state index >= 15 is 0 Å². The standard InChI is InChI=1S/C14H23NO2/c1-10-6-5-7-11-8-15(9-12(10)11)13(16)17-14(2,3)4/h5,7,10-12H,6,8-9H2,1-4H3/t10-,11+,12+/m1/s1. The number of nitrogens with zero attached hydrogens (tertiary/aromatic N) is 1. The van der Waals surface area contributed by atoms with Crippen molar-refractivity contribution in [3.63, 3.8) is 0 Å². The van der Waals surface area contributed by atoms with Gasteiger partial charge in [-0.3, -0.25) is 0 Å².